The van der Waals surface area contributed by atoms with E-state index in [4.69, 9.17) is 19.0 Å². The van der Waals surface area contributed by atoms with E-state index in [2.05, 4.69) is 10.5 Å². The van der Waals surface area contributed by atoms with Crippen molar-refractivity contribution in [3.05, 3.63) is 71.5 Å². The quantitative estimate of drug-likeness (QED) is 0.521. The summed E-state index contributed by atoms with van der Waals surface area (Å²) in [7, 11) is 0. The van der Waals surface area contributed by atoms with Crippen LogP contribution in [0, 0.1) is 0 Å². The van der Waals surface area contributed by atoms with Crippen LogP contribution < -0.4 is 14.9 Å². The lowest BCUT2D eigenvalue weighted by molar-refractivity contribution is 0.0696. The third-order valence-corrected chi connectivity index (χ3v) is 4.04. The molecule has 0 spiro atoms. The monoisotopic (exact) mass is 378 g/mol. The lowest BCUT2D eigenvalue weighted by Crippen LogP contribution is -2.17. The molecule has 0 atom stereocenters. The number of benzene rings is 2. The van der Waals surface area contributed by atoms with Crippen molar-refractivity contribution in [3.8, 4) is 22.8 Å². The molecule has 3 aromatic rings. The number of ether oxygens (including phenoxy) is 2. The highest BCUT2D eigenvalue weighted by molar-refractivity contribution is 5.95. The molecule has 1 aliphatic rings. The van der Waals surface area contributed by atoms with E-state index >= 15 is 0 Å². The Morgan fingerprint density at radius 3 is 2.50 bits per heavy atom. The Hall–Kier alpha value is -4.07. The number of hydrazone groups is 1. The zero-order chi connectivity index (χ0) is 19.5. The molecule has 1 aliphatic heterocycles. The molecule has 0 saturated heterocycles. The molecule has 0 fully saturated rings. The zero-order valence-electron chi connectivity index (χ0n) is 14.4. The number of carboxylic acid groups (broad SMARTS) is 1. The number of nitrogens with zero attached hydrogens (tertiary/aromatic N) is 1. The van der Waals surface area contributed by atoms with Gasteiger partial charge in [-0.15, -0.1) is 0 Å². The van der Waals surface area contributed by atoms with Gasteiger partial charge >= 0.3 is 5.97 Å². The van der Waals surface area contributed by atoms with Crippen LogP contribution in [0.1, 0.15) is 26.5 Å². The van der Waals surface area contributed by atoms with Crippen molar-refractivity contribution in [1.29, 1.82) is 0 Å². The van der Waals surface area contributed by atoms with Crippen molar-refractivity contribution in [3.63, 3.8) is 0 Å². The summed E-state index contributed by atoms with van der Waals surface area (Å²) in [4.78, 5) is 23.0. The predicted octanol–water partition coefficient (Wildman–Crippen LogP) is 3.14. The molecule has 0 bridgehead atoms. The normalized spacial score (nSPS) is 12.3. The second kappa shape index (κ2) is 7.28. The summed E-state index contributed by atoms with van der Waals surface area (Å²) in [6.45, 7) is 0.137. The Kier molecular flexibility index (Phi) is 4.51. The van der Waals surface area contributed by atoms with Gasteiger partial charge in [-0.2, -0.15) is 5.10 Å². The summed E-state index contributed by atoms with van der Waals surface area (Å²) in [5.74, 6) is 0.715. The molecule has 140 valence electrons. The third-order valence-electron chi connectivity index (χ3n) is 4.04. The molecule has 0 unspecified atom stereocenters. The maximum Gasteiger partial charge on any atom is 0.335 e. The first-order valence-corrected chi connectivity index (χ1v) is 8.27. The summed E-state index contributed by atoms with van der Waals surface area (Å²) >= 11 is 0. The molecule has 0 radical (unpaired) electrons. The second-order valence-corrected chi connectivity index (χ2v) is 5.85. The van der Waals surface area contributed by atoms with E-state index in [0.29, 0.717) is 28.6 Å². The lowest BCUT2D eigenvalue weighted by Gasteiger charge is -2.01. The number of carbonyl (C=O) groups is 2. The largest absolute Gasteiger partial charge is 0.478 e. The highest BCUT2D eigenvalue weighted by atomic mass is 16.7. The topological polar surface area (TPSA) is 110 Å². The number of aromatic carboxylic acids is 1. The Morgan fingerprint density at radius 2 is 1.71 bits per heavy atom. The minimum atomic E-state index is -0.989. The van der Waals surface area contributed by atoms with Crippen molar-refractivity contribution in [2.75, 3.05) is 6.79 Å². The van der Waals surface area contributed by atoms with Crippen LogP contribution in [0.25, 0.3) is 11.3 Å². The molecule has 4 rings (SSSR count). The Morgan fingerprint density at radius 1 is 0.964 bits per heavy atom. The summed E-state index contributed by atoms with van der Waals surface area (Å²) in [5, 5.41) is 12.8. The van der Waals surface area contributed by atoms with E-state index in [-0.39, 0.29) is 12.4 Å². The first-order valence-electron chi connectivity index (χ1n) is 8.27. The highest BCUT2D eigenvalue weighted by Crippen LogP contribution is 2.32. The number of carbonyl (C=O) groups excluding carboxylic acids is 1. The minimum Gasteiger partial charge on any atom is -0.478 e. The lowest BCUT2D eigenvalue weighted by atomic mass is 10.1. The van der Waals surface area contributed by atoms with Gasteiger partial charge in [0, 0.05) is 11.1 Å². The summed E-state index contributed by atoms with van der Waals surface area (Å²) in [6, 6.07) is 14.6. The minimum absolute atomic E-state index is 0.137. The number of hydrogen-bond acceptors (Lipinski definition) is 6. The first-order chi connectivity index (χ1) is 13.6. The van der Waals surface area contributed by atoms with E-state index < -0.39 is 11.9 Å². The smallest absolute Gasteiger partial charge is 0.335 e. The molecular weight excluding hydrogens is 364 g/mol. The number of fused-ring (bicyclic) bond motifs is 1. The van der Waals surface area contributed by atoms with E-state index in [1.165, 1.54) is 18.3 Å². The molecule has 28 heavy (non-hydrogen) atoms. The Bertz CT molecular complexity index is 1070. The molecule has 0 aliphatic carbocycles. The van der Waals surface area contributed by atoms with Crippen molar-refractivity contribution < 1.29 is 28.6 Å². The molecule has 0 saturated carbocycles. The van der Waals surface area contributed by atoms with Gasteiger partial charge in [-0.25, -0.2) is 10.2 Å². The van der Waals surface area contributed by atoms with Crippen molar-refractivity contribution >= 4 is 18.1 Å². The molecule has 1 aromatic heterocycles. The fraction of sp³-hybridized carbons (Fsp3) is 0.0500. The molecule has 2 aromatic carbocycles. The number of hydrogen-bond donors (Lipinski definition) is 2. The fourth-order valence-corrected chi connectivity index (χ4v) is 2.61. The van der Waals surface area contributed by atoms with Gasteiger partial charge in [0.25, 0.3) is 5.91 Å². The number of carboxylic acids is 1. The number of amides is 1. The number of nitrogens with one attached hydrogen (secondary N) is 1. The van der Waals surface area contributed by atoms with Crippen LogP contribution in [0.15, 0.2) is 64.1 Å². The van der Waals surface area contributed by atoms with Crippen LogP contribution in [0.5, 0.6) is 11.5 Å². The maximum absolute atomic E-state index is 12.1. The Labute approximate surface area is 159 Å². The van der Waals surface area contributed by atoms with Gasteiger partial charge in [-0.3, -0.25) is 4.79 Å². The Balaban J connectivity index is 1.40. The van der Waals surface area contributed by atoms with Gasteiger partial charge < -0.3 is 19.0 Å². The molecular formula is C20H14N2O6. The van der Waals surface area contributed by atoms with Crippen LogP contribution in [0.2, 0.25) is 0 Å². The van der Waals surface area contributed by atoms with E-state index in [1.807, 2.05) is 0 Å². The van der Waals surface area contributed by atoms with Crippen LogP contribution in [0.3, 0.4) is 0 Å². The van der Waals surface area contributed by atoms with Gasteiger partial charge in [0.05, 0.1) is 11.8 Å². The van der Waals surface area contributed by atoms with Gasteiger partial charge in [0.1, 0.15) is 11.5 Å². The zero-order valence-corrected chi connectivity index (χ0v) is 14.4. The van der Waals surface area contributed by atoms with Crippen molar-refractivity contribution in [2.45, 2.75) is 0 Å². The average Bonchev–Trinajstić information content (AvgIpc) is 3.36. The third kappa shape index (κ3) is 3.56. The first kappa shape index (κ1) is 17.3. The van der Waals surface area contributed by atoms with E-state index in [9.17, 15) is 9.59 Å². The second-order valence-electron chi connectivity index (χ2n) is 5.85. The highest BCUT2D eigenvalue weighted by Gasteiger charge is 2.16. The standard InChI is InChI=1S/C20H14N2O6/c23-19(14-5-7-17-18(9-14)27-11-26-17)22-21-10-15-6-8-16(28-15)12-1-3-13(4-2-12)20(24)25/h1-10H,11H2,(H,22,23)(H,24,25). The molecule has 2 heterocycles. The summed E-state index contributed by atoms with van der Waals surface area (Å²) < 4.78 is 16.1. The average molecular weight is 378 g/mol. The summed E-state index contributed by atoms with van der Waals surface area (Å²) in [5.41, 5.74) is 3.73. The molecule has 2 N–H and O–H groups in total. The van der Waals surface area contributed by atoms with Crippen LogP contribution in [-0.4, -0.2) is 30.0 Å². The van der Waals surface area contributed by atoms with Gasteiger partial charge in [0.15, 0.2) is 11.5 Å². The van der Waals surface area contributed by atoms with Crippen LogP contribution in [-0.2, 0) is 0 Å². The van der Waals surface area contributed by atoms with Crippen molar-refractivity contribution in [1.82, 2.24) is 5.43 Å². The maximum atomic E-state index is 12.1. The van der Waals surface area contributed by atoms with Crippen molar-refractivity contribution in [2.24, 2.45) is 5.10 Å². The molecule has 1 amide bonds. The SMILES string of the molecule is O=C(O)c1ccc(-c2ccc(C=NNC(=O)c3ccc4c(c3)OCO4)o2)cc1. The fourth-order valence-electron chi connectivity index (χ4n) is 2.61. The van der Waals surface area contributed by atoms with Crippen LogP contribution >= 0.6 is 0 Å². The molecule has 8 nitrogen and oxygen atoms in total. The van der Waals surface area contributed by atoms with Gasteiger partial charge in [-0.1, -0.05) is 12.1 Å². The van der Waals surface area contributed by atoms with Gasteiger partial charge in [-0.05, 0) is 42.5 Å². The van der Waals surface area contributed by atoms with E-state index in [0.717, 1.165) is 5.56 Å². The predicted molar refractivity (Wildman–Crippen MR) is 98.7 cm³/mol. The van der Waals surface area contributed by atoms with Crippen LogP contribution in [0.4, 0.5) is 0 Å². The van der Waals surface area contributed by atoms with Gasteiger partial charge in [0.2, 0.25) is 6.79 Å². The number of furan rings is 1. The summed E-state index contributed by atoms with van der Waals surface area (Å²) in [6.07, 6.45) is 1.37. The molecule has 8 heteroatoms. The van der Waals surface area contributed by atoms with E-state index in [1.54, 1.807) is 42.5 Å². The number of rotatable bonds is 5.